The fourth-order valence-corrected chi connectivity index (χ4v) is 1.84. The van der Waals surface area contributed by atoms with E-state index in [4.69, 9.17) is 0 Å². The van der Waals surface area contributed by atoms with E-state index in [1.807, 2.05) is 18.7 Å². The zero-order chi connectivity index (χ0) is 11.9. The number of hydrogen-bond acceptors (Lipinski definition) is 4. The summed E-state index contributed by atoms with van der Waals surface area (Å²) < 4.78 is 0. The Hall–Kier alpha value is -1.36. The molecule has 2 rings (SSSR count). The Kier molecular flexibility index (Phi) is 2.50. The molecule has 16 heavy (non-hydrogen) atoms. The summed E-state index contributed by atoms with van der Waals surface area (Å²) in [5.41, 5.74) is -0.789. The van der Waals surface area contributed by atoms with Gasteiger partial charge in [0, 0.05) is 25.1 Å². The molecule has 2 heterocycles. The molecule has 0 bridgehead atoms. The number of β-amino-alcohol motifs (C(OH)–C–C–N with tert-alkyl or cyclic N) is 1. The number of aromatic amines is 1. The number of H-pyrrole nitrogens is 1. The lowest BCUT2D eigenvalue weighted by molar-refractivity contribution is 0.0305. The van der Waals surface area contributed by atoms with Gasteiger partial charge >= 0.3 is 0 Å². The lowest BCUT2D eigenvalue weighted by Crippen LogP contribution is -2.60. The van der Waals surface area contributed by atoms with Crippen molar-refractivity contribution in [1.29, 1.82) is 0 Å². The summed E-state index contributed by atoms with van der Waals surface area (Å²) in [6.45, 7) is 6.80. The quantitative estimate of drug-likeness (QED) is 0.764. The van der Waals surface area contributed by atoms with Crippen molar-refractivity contribution >= 4 is 5.82 Å². The first-order valence-electron chi connectivity index (χ1n) is 5.46. The van der Waals surface area contributed by atoms with E-state index in [-0.39, 0.29) is 11.5 Å². The maximum Gasteiger partial charge on any atom is 0.252 e. The van der Waals surface area contributed by atoms with Gasteiger partial charge in [-0.1, -0.05) is 13.8 Å². The van der Waals surface area contributed by atoms with Gasteiger partial charge in [0.05, 0.1) is 5.60 Å². The van der Waals surface area contributed by atoms with Crippen LogP contribution in [0, 0.1) is 0 Å². The molecule has 0 unspecified atom stereocenters. The Morgan fingerprint density at radius 1 is 1.56 bits per heavy atom. The Bertz CT molecular complexity index is 443. The van der Waals surface area contributed by atoms with Crippen LogP contribution in [0.25, 0.3) is 0 Å². The van der Waals surface area contributed by atoms with Gasteiger partial charge in [0.1, 0.15) is 11.6 Å². The van der Waals surface area contributed by atoms with Crippen LogP contribution in [0.1, 0.15) is 32.5 Å². The molecule has 1 saturated heterocycles. The zero-order valence-corrected chi connectivity index (χ0v) is 9.82. The summed E-state index contributed by atoms with van der Waals surface area (Å²) in [6.07, 6.45) is 0. The maximum atomic E-state index is 11.4. The lowest BCUT2D eigenvalue weighted by Gasteiger charge is -2.44. The molecule has 88 valence electrons. The second-order valence-electron chi connectivity index (χ2n) is 5.00. The van der Waals surface area contributed by atoms with Gasteiger partial charge in [-0.15, -0.1) is 0 Å². The van der Waals surface area contributed by atoms with E-state index in [9.17, 15) is 9.90 Å². The second-order valence-corrected chi connectivity index (χ2v) is 5.00. The zero-order valence-electron chi connectivity index (χ0n) is 9.82. The highest BCUT2D eigenvalue weighted by Gasteiger charge is 2.37. The normalized spacial score (nSPS) is 18.7. The number of aliphatic hydroxyl groups is 1. The first-order chi connectivity index (χ1) is 7.37. The summed E-state index contributed by atoms with van der Waals surface area (Å²) in [5, 5.41) is 9.64. The molecule has 0 amide bonds. The Balaban J connectivity index is 2.26. The Labute approximate surface area is 94.1 Å². The summed E-state index contributed by atoms with van der Waals surface area (Å²) >= 11 is 0. The minimum Gasteiger partial charge on any atom is -0.386 e. The van der Waals surface area contributed by atoms with Crippen LogP contribution in [0.15, 0.2) is 10.9 Å². The average Bonchev–Trinajstić information content (AvgIpc) is 2.12. The monoisotopic (exact) mass is 223 g/mol. The number of nitrogens with one attached hydrogen (secondary N) is 1. The van der Waals surface area contributed by atoms with Crippen LogP contribution in [0.4, 0.5) is 5.82 Å². The molecule has 0 aromatic carbocycles. The van der Waals surface area contributed by atoms with Gasteiger partial charge in [0.2, 0.25) is 0 Å². The molecule has 1 aliphatic rings. The number of hydrogen-bond donors (Lipinski definition) is 2. The van der Waals surface area contributed by atoms with E-state index in [0.29, 0.717) is 24.7 Å². The van der Waals surface area contributed by atoms with Gasteiger partial charge in [-0.25, -0.2) is 4.98 Å². The average molecular weight is 223 g/mol. The van der Waals surface area contributed by atoms with Crippen molar-refractivity contribution in [1.82, 2.24) is 9.97 Å². The summed E-state index contributed by atoms with van der Waals surface area (Å²) in [4.78, 5) is 20.4. The fraction of sp³-hybridized carbons (Fsp3) is 0.636. The topological polar surface area (TPSA) is 69.2 Å². The molecule has 2 N–H and O–H groups in total. The van der Waals surface area contributed by atoms with Crippen LogP contribution in [0.3, 0.4) is 0 Å². The van der Waals surface area contributed by atoms with E-state index < -0.39 is 5.60 Å². The highest BCUT2D eigenvalue weighted by atomic mass is 16.3. The van der Waals surface area contributed by atoms with Crippen molar-refractivity contribution in [3.63, 3.8) is 0 Å². The van der Waals surface area contributed by atoms with Crippen molar-refractivity contribution in [3.05, 3.63) is 22.2 Å². The molecule has 1 aliphatic heterocycles. The van der Waals surface area contributed by atoms with Crippen molar-refractivity contribution in [2.24, 2.45) is 0 Å². The van der Waals surface area contributed by atoms with E-state index in [2.05, 4.69) is 9.97 Å². The van der Waals surface area contributed by atoms with Gasteiger partial charge in [0.25, 0.3) is 5.56 Å². The molecule has 1 aromatic heterocycles. The third kappa shape index (κ3) is 2.09. The van der Waals surface area contributed by atoms with E-state index in [1.54, 1.807) is 6.92 Å². The van der Waals surface area contributed by atoms with E-state index >= 15 is 0 Å². The molecule has 0 saturated carbocycles. The van der Waals surface area contributed by atoms with Crippen molar-refractivity contribution in [2.75, 3.05) is 18.0 Å². The third-order valence-corrected chi connectivity index (χ3v) is 2.68. The van der Waals surface area contributed by atoms with Crippen LogP contribution in [0.5, 0.6) is 0 Å². The summed E-state index contributed by atoms with van der Waals surface area (Å²) in [5.74, 6) is 1.53. The summed E-state index contributed by atoms with van der Waals surface area (Å²) in [6, 6.07) is 1.47. The third-order valence-electron chi connectivity index (χ3n) is 2.68. The van der Waals surface area contributed by atoms with Crippen molar-refractivity contribution < 1.29 is 5.11 Å². The number of anilines is 1. The lowest BCUT2D eigenvalue weighted by atomic mass is 9.97. The van der Waals surface area contributed by atoms with E-state index in [0.717, 1.165) is 0 Å². The van der Waals surface area contributed by atoms with Crippen LogP contribution in [-0.2, 0) is 0 Å². The van der Waals surface area contributed by atoms with Gasteiger partial charge in [-0.3, -0.25) is 4.79 Å². The molecule has 5 nitrogen and oxygen atoms in total. The fourth-order valence-electron chi connectivity index (χ4n) is 1.84. The predicted molar refractivity (Wildman–Crippen MR) is 61.8 cm³/mol. The standard InChI is InChI=1S/C11H17N3O2/c1-7(2)10-12-8(4-9(15)13-10)14-5-11(3,16)6-14/h4,7,16H,5-6H2,1-3H3,(H,12,13,15). The minimum absolute atomic E-state index is 0.139. The molecular formula is C11H17N3O2. The van der Waals surface area contributed by atoms with Gasteiger partial charge in [-0.05, 0) is 6.92 Å². The smallest absolute Gasteiger partial charge is 0.252 e. The number of nitrogens with zero attached hydrogens (tertiary/aromatic N) is 2. The molecule has 0 radical (unpaired) electrons. The molecule has 5 heteroatoms. The minimum atomic E-state index is -0.651. The Morgan fingerprint density at radius 2 is 2.19 bits per heavy atom. The number of aromatic nitrogens is 2. The van der Waals surface area contributed by atoms with Crippen molar-refractivity contribution in [3.8, 4) is 0 Å². The van der Waals surface area contributed by atoms with Crippen LogP contribution < -0.4 is 10.5 Å². The molecule has 0 aliphatic carbocycles. The summed E-state index contributed by atoms with van der Waals surface area (Å²) in [7, 11) is 0. The van der Waals surface area contributed by atoms with E-state index in [1.165, 1.54) is 6.07 Å². The van der Waals surface area contributed by atoms with Gasteiger partial charge in [0.15, 0.2) is 0 Å². The SMILES string of the molecule is CC(C)c1nc(N2CC(C)(O)C2)cc(=O)[nH]1. The maximum absolute atomic E-state index is 11.4. The Morgan fingerprint density at radius 3 is 2.69 bits per heavy atom. The molecular weight excluding hydrogens is 206 g/mol. The largest absolute Gasteiger partial charge is 0.386 e. The molecule has 1 aromatic rings. The first-order valence-corrected chi connectivity index (χ1v) is 5.46. The first kappa shape index (κ1) is 11.1. The van der Waals surface area contributed by atoms with Crippen LogP contribution in [0.2, 0.25) is 0 Å². The second kappa shape index (κ2) is 3.59. The van der Waals surface area contributed by atoms with Crippen molar-refractivity contribution in [2.45, 2.75) is 32.3 Å². The van der Waals surface area contributed by atoms with Gasteiger partial charge in [-0.2, -0.15) is 0 Å². The molecule has 1 fully saturated rings. The van der Waals surface area contributed by atoms with Gasteiger partial charge < -0.3 is 15.0 Å². The highest BCUT2D eigenvalue weighted by Crippen LogP contribution is 2.25. The highest BCUT2D eigenvalue weighted by molar-refractivity contribution is 5.43. The van der Waals surface area contributed by atoms with Crippen LogP contribution >= 0.6 is 0 Å². The number of rotatable bonds is 2. The predicted octanol–water partition coefficient (Wildman–Crippen LogP) is 0.464. The molecule has 0 atom stereocenters. The molecule has 0 spiro atoms. The van der Waals surface area contributed by atoms with Crippen LogP contribution in [-0.4, -0.2) is 33.8 Å².